The Morgan fingerprint density at radius 1 is 1.36 bits per heavy atom. The van der Waals surface area contributed by atoms with Crippen LogP contribution in [0.4, 0.5) is 10.7 Å². The second-order valence-electron chi connectivity index (χ2n) is 6.99. The zero-order valence-corrected chi connectivity index (χ0v) is 15.3. The molecule has 1 aliphatic rings. The number of nitrogens with zero attached hydrogens (tertiary/aromatic N) is 3. The number of ether oxygens (including phenoxy) is 1. The van der Waals surface area contributed by atoms with E-state index in [-0.39, 0.29) is 6.09 Å². The molecule has 0 spiro atoms. The van der Waals surface area contributed by atoms with Gasteiger partial charge < -0.3 is 10.1 Å². The van der Waals surface area contributed by atoms with Crippen molar-refractivity contribution in [2.45, 2.75) is 46.0 Å². The van der Waals surface area contributed by atoms with E-state index < -0.39 is 5.60 Å². The zero-order chi connectivity index (χ0) is 18.0. The minimum Gasteiger partial charge on any atom is -0.444 e. The van der Waals surface area contributed by atoms with Crippen molar-refractivity contribution in [3.63, 3.8) is 0 Å². The maximum Gasteiger partial charge on any atom is 0.410 e. The summed E-state index contributed by atoms with van der Waals surface area (Å²) in [7, 11) is 0. The van der Waals surface area contributed by atoms with E-state index in [0.29, 0.717) is 30.6 Å². The zero-order valence-electron chi connectivity index (χ0n) is 14.5. The molecule has 6 nitrogen and oxygen atoms in total. The van der Waals surface area contributed by atoms with Gasteiger partial charge in [0, 0.05) is 23.3 Å². The molecule has 0 fully saturated rings. The summed E-state index contributed by atoms with van der Waals surface area (Å²) in [5, 5.41) is 3.88. The topological polar surface area (TPSA) is 67.3 Å². The monoisotopic (exact) mass is 360 g/mol. The van der Waals surface area contributed by atoms with Crippen molar-refractivity contribution in [1.29, 1.82) is 0 Å². The normalized spacial score (nSPS) is 13.5. The lowest BCUT2D eigenvalue weighted by Crippen LogP contribution is -2.33. The molecule has 0 saturated heterocycles. The predicted octanol–water partition coefficient (Wildman–Crippen LogP) is 3.99. The van der Waals surface area contributed by atoms with Crippen molar-refractivity contribution in [2.75, 3.05) is 5.32 Å². The van der Waals surface area contributed by atoms with E-state index in [2.05, 4.69) is 15.3 Å². The molecular formula is C18H21ClN4O2. The summed E-state index contributed by atoms with van der Waals surface area (Å²) in [6.45, 7) is 7.04. The van der Waals surface area contributed by atoms with E-state index in [9.17, 15) is 4.79 Å². The number of carbonyl (C=O) groups is 1. The first-order valence-electron chi connectivity index (χ1n) is 8.11. The lowest BCUT2D eigenvalue weighted by atomic mass is 10.2. The van der Waals surface area contributed by atoms with Crippen LogP contribution >= 0.6 is 11.6 Å². The van der Waals surface area contributed by atoms with E-state index in [1.807, 2.05) is 45.0 Å². The molecule has 0 unspecified atom stereocenters. The molecule has 0 saturated carbocycles. The molecule has 25 heavy (non-hydrogen) atoms. The Bertz CT molecular complexity index is 789. The first kappa shape index (κ1) is 17.5. The highest BCUT2D eigenvalue weighted by molar-refractivity contribution is 6.30. The molecule has 0 radical (unpaired) electrons. The maximum absolute atomic E-state index is 12.2. The van der Waals surface area contributed by atoms with Gasteiger partial charge in [0.05, 0.1) is 18.8 Å². The third-order valence-corrected chi connectivity index (χ3v) is 3.88. The van der Waals surface area contributed by atoms with E-state index in [0.717, 1.165) is 16.8 Å². The average Bonchev–Trinajstić information content (AvgIpc) is 2.95. The number of benzene rings is 1. The minimum absolute atomic E-state index is 0.334. The number of rotatable bonds is 3. The van der Waals surface area contributed by atoms with Crippen LogP contribution < -0.4 is 5.32 Å². The molecule has 2 aromatic rings. The van der Waals surface area contributed by atoms with Crippen molar-refractivity contribution in [3.8, 4) is 0 Å². The van der Waals surface area contributed by atoms with Crippen molar-refractivity contribution in [2.24, 2.45) is 0 Å². The van der Waals surface area contributed by atoms with Crippen LogP contribution in [0.1, 0.15) is 37.6 Å². The molecule has 132 valence electrons. The molecular weight excluding hydrogens is 340 g/mol. The number of halogens is 1. The Morgan fingerprint density at radius 2 is 2.16 bits per heavy atom. The summed E-state index contributed by atoms with van der Waals surface area (Å²) >= 11 is 5.99. The lowest BCUT2D eigenvalue weighted by Gasteiger charge is -2.23. The molecule has 1 aromatic carbocycles. The van der Waals surface area contributed by atoms with Crippen LogP contribution in [0.15, 0.2) is 30.5 Å². The fourth-order valence-corrected chi connectivity index (χ4v) is 2.74. The Hall–Kier alpha value is -2.34. The third kappa shape index (κ3) is 4.60. The average molecular weight is 361 g/mol. The number of hydrogen-bond donors (Lipinski definition) is 1. The molecule has 1 aliphatic heterocycles. The van der Waals surface area contributed by atoms with Gasteiger partial charge in [0.2, 0.25) is 5.95 Å². The first-order valence-corrected chi connectivity index (χ1v) is 8.49. The maximum atomic E-state index is 12.2. The van der Waals surface area contributed by atoms with Gasteiger partial charge in [0.15, 0.2) is 0 Å². The molecule has 1 N–H and O–H groups in total. The SMILES string of the molecule is CC(C)(C)OC(=O)N1Cc2cnc(NCc3cccc(Cl)c3)nc2C1. The summed E-state index contributed by atoms with van der Waals surface area (Å²) in [6, 6.07) is 7.62. The van der Waals surface area contributed by atoms with Gasteiger partial charge in [-0.3, -0.25) is 4.90 Å². The second-order valence-corrected chi connectivity index (χ2v) is 7.42. The number of aromatic nitrogens is 2. The Labute approximate surface area is 152 Å². The largest absolute Gasteiger partial charge is 0.444 e. The van der Waals surface area contributed by atoms with Gasteiger partial charge in [-0.1, -0.05) is 23.7 Å². The smallest absolute Gasteiger partial charge is 0.410 e. The number of amides is 1. The number of nitrogens with one attached hydrogen (secondary N) is 1. The number of carbonyl (C=O) groups excluding carboxylic acids is 1. The number of hydrogen-bond acceptors (Lipinski definition) is 5. The first-order chi connectivity index (χ1) is 11.8. The van der Waals surface area contributed by atoms with Crippen LogP contribution in [0, 0.1) is 0 Å². The molecule has 1 aromatic heterocycles. The van der Waals surface area contributed by atoms with Gasteiger partial charge in [-0.15, -0.1) is 0 Å². The summed E-state index contributed by atoms with van der Waals surface area (Å²) in [5.41, 5.74) is 2.32. The molecule has 3 rings (SSSR count). The van der Waals surface area contributed by atoms with Gasteiger partial charge in [-0.05, 0) is 38.5 Å². The molecule has 0 aliphatic carbocycles. The van der Waals surface area contributed by atoms with Crippen molar-refractivity contribution >= 4 is 23.6 Å². The van der Waals surface area contributed by atoms with Crippen LogP contribution in [-0.4, -0.2) is 26.6 Å². The quantitative estimate of drug-likeness (QED) is 0.896. The van der Waals surface area contributed by atoms with E-state index in [4.69, 9.17) is 16.3 Å². The van der Waals surface area contributed by atoms with Gasteiger partial charge in [0.25, 0.3) is 0 Å². The number of anilines is 1. The summed E-state index contributed by atoms with van der Waals surface area (Å²) in [6.07, 6.45) is 1.42. The lowest BCUT2D eigenvalue weighted by molar-refractivity contribution is 0.0240. The molecule has 0 bridgehead atoms. The fraction of sp³-hybridized carbons (Fsp3) is 0.389. The van der Waals surface area contributed by atoms with Crippen LogP contribution in [0.5, 0.6) is 0 Å². The van der Waals surface area contributed by atoms with E-state index in [1.54, 1.807) is 11.1 Å². The van der Waals surface area contributed by atoms with E-state index >= 15 is 0 Å². The van der Waals surface area contributed by atoms with Crippen LogP contribution in [-0.2, 0) is 24.4 Å². The second kappa shape index (κ2) is 6.88. The molecule has 7 heteroatoms. The third-order valence-electron chi connectivity index (χ3n) is 3.65. The minimum atomic E-state index is -0.513. The van der Waals surface area contributed by atoms with Crippen molar-refractivity contribution in [3.05, 3.63) is 52.3 Å². The van der Waals surface area contributed by atoms with Crippen molar-refractivity contribution < 1.29 is 9.53 Å². The van der Waals surface area contributed by atoms with Gasteiger partial charge in [0.1, 0.15) is 5.60 Å². The Morgan fingerprint density at radius 3 is 2.88 bits per heavy atom. The molecule has 2 heterocycles. The van der Waals surface area contributed by atoms with Crippen LogP contribution in [0.2, 0.25) is 5.02 Å². The standard InChI is InChI=1S/C18H21ClN4O2/c1-18(2,3)25-17(24)23-10-13-9-21-16(22-15(13)11-23)20-8-12-5-4-6-14(19)7-12/h4-7,9H,8,10-11H2,1-3H3,(H,20,21,22). The Balaban J connectivity index is 1.63. The van der Waals surface area contributed by atoms with Crippen molar-refractivity contribution in [1.82, 2.24) is 14.9 Å². The summed E-state index contributed by atoms with van der Waals surface area (Å²) in [5.74, 6) is 0.532. The summed E-state index contributed by atoms with van der Waals surface area (Å²) in [4.78, 5) is 22.7. The Kier molecular flexibility index (Phi) is 4.81. The van der Waals surface area contributed by atoms with Crippen LogP contribution in [0.3, 0.4) is 0 Å². The fourth-order valence-electron chi connectivity index (χ4n) is 2.52. The van der Waals surface area contributed by atoms with Gasteiger partial charge in [-0.25, -0.2) is 14.8 Å². The predicted molar refractivity (Wildman–Crippen MR) is 96.3 cm³/mol. The van der Waals surface area contributed by atoms with Crippen LogP contribution in [0.25, 0.3) is 0 Å². The highest BCUT2D eigenvalue weighted by Gasteiger charge is 2.29. The van der Waals surface area contributed by atoms with Gasteiger partial charge in [-0.2, -0.15) is 0 Å². The number of fused-ring (bicyclic) bond motifs is 1. The molecule has 0 atom stereocenters. The highest BCUT2D eigenvalue weighted by Crippen LogP contribution is 2.23. The summed E-state index contributed by atoms with van der Waals surface area (Å²) < 4.78 is 5.41. The van der Waals surface area contributed by atoms with E-state index in [1.165, 1.54) is 0 Å². The highest BCUT2D eigenvalue weighted by atomic mass is 35.5. The van der Waals surface area contributed by atoms with Gasteiger partial charge >= 0.3 is 6.09 Å². The molecule has 1 amide bonds.